The van der Waals surface area contributed by atoms with Crippen LogP contribution in [-0.2, 0) is 6.54 Å². The Balaban J connectivity index is 1.69. The normalized spacial score (nSPS) is 26.3. The molecule has 0 bridgehead atoms. The number of hydrogen-bond acceptors (Lipinski definition) is 2. The Kier molecular flexibility index (Phi) is 4.19. The topological polar surface area (TPSA) is 29.3 Å². The van der Waals surface area contributed by atoms with Gasteiger partial charge < -0.3 is 5.73 Å². The van der Waals surface area contributed by atoms with Gasteiger partial charge in [-0.15, -0.1) is 0 Å². The van der Waals surface area contributed by atoms with Gasteiger partial charge in [0.2, 0.25) is 0 Å². The molecule has 1 aromatic rings. The second-order valence-electron chi connectivity index (χ2n) is 6.26. The van der Waals surface area contributed by atoms with Crippen LogP contribution in [0.15, 0.2) is 30.3 Å². The van der Waals surface area contributed by atoms with Gasteiger partial charge in [-0.25, -0.2) is 0 Å². The van der Waals surface area contributed by atoms with Crippen LogP contribution in [0.3, 0.4) is 0 Å². The minimum atomic E-state index is 0.728. The third kappa shape index (κ3) is 3.18. The van der Waals surface area contributed by atoms with Crippen LogP contribution >= 0.6 is 0 Å². The molecular weight excluding hydrogens is 232 g/mol. The summed E-state index contributed by atoms with van der Waals surface area (Å²) in [6.45, 7) is 3.23. The van der Waals surface area contributed by atoms with Gasteiger partial charge >= 0.3 is 0 Å². The van der Waals surface area contributed by atoms with E-state index in [9.17, 15) is 0 Å². The van der Waals surface area contributed by atoms with Crippen molar-refractivity contribution in [1.82, 2.24) is 4.90 Å². The van der Waals surface area contributed by atoms with E-state index in [0.29, 0.717) is 0 Å². The molecule has 104 valence electrons. The molecule has 2 N–H and O–H groups in total. The van der Waals surface area contributed by atoms with E-state index in [1.165, 1.54) is 44.2 Å². The average Bonchev–Trinajstić information content (AvgIpc) is 3.27. The van der Waals surface area contributed by atoms with Crippen LogP contribution in [-0.4, -0.2) is 24.0 Å². The lowest BCUT2D eigenvalue weighted by atomic mass is 9.86. The van der Waals surface area contributed by atoms with Crippen LogP contribution in [0.4, 0.5) is 0 Å². The molecule has 0 aromatic heterocycles. The highest BCUT2D eigenvalue weighted by Crippen LogP contribution is 2.41. The molecule has 0 radical (unpaired) electrons. The van der Waals surface area contributed by atoms with Gasteiger partial charge in [0.25, 0.3) is 0 Å². The Bertz CT molecular complexity index is 386. The molecule has 0 spiro atoms. The number of rotatable bonds is 5. The van der Waals surface area contributed by atoms with Crippen LogP contribution in [0.2, 0.25) is 0 Å². The van der Waals surface area contributed by atoms with Crippen LogP contribution in [0.1, 0.15) is 37.7 Å². The van der Waals surface area contributed by atoms with Crippen molar-refractivity contribution >= 4 is 0 Å². The van der Waals surface area contributed by atoms with Gasteiger partial charge in [-0.05, 0) is 56.2 Å². The number of piperidine rings is 1. The molecule has 2 unspecified atom stereocenters. The maximum atomic E-state index is 6.07. The summed E-state index contributed by atoms with van der Waals surface area (Å²) in [5.74, 6) is 1.66. The molecule has 2 atom stereocenters. The standard InChI is InChI=1S/C17H26N2/c18-12-16(15-9-10-15)17-8-4-5-11-19(17)13-14-6-2-1-3-7-14/h1-3,6-7,15-17H,4-5,8-13,18H2. The molecular formula is C17H26N2. The van der Waals surface area contributed by atoms with Crippen molar-refractivity contribution in [2.45, 2.75) is 44.7 Å². The molecule has 1 saturated carbocycles. The number of likely N-dealkylation sites (tertiary alicyclic amines) is 1. The SMILES string of the molecule is NCC(C1CC1)C1CCCCN1Cc1ccccc1. The van der Waals surface area contributed by atoms with E-state index in [0.717, 1.165) is 31.0 Å². The molecule has 1 aromatic carbocycles. The zero-order valence-corrected chi connectivity index (χ0v) is 11.8. The van der Waals surface area contributed by atoms with E-state index in [-0.39, 0.29) is 0 Å². The summed E-state index contributed by atoms with van der Waals surface area (Å²) in [5, 5.41) is 0. The maximum Gasteiger partial charge on any atom is 0.0236 e. The van der Waals surface area contributed by atoms with Crippen molar-refractivity contribution in [1.29, 1.82) is 0 Å². The summed E-state index contributed by atoms with van der Waals surface area (Å²) in [7, 11) is 0. The van der Waals surface area contributed by atoms with Gasteiger partial charge in [-0.2, -0.15) is 0 Å². The molecule has 2 aliphatic rings. The van der Waals surface area contributed by atoms with Crippen LogP contribution in [0, 0.1) is 11.8 Å². The van der Waals surface area contributed by atoms with Gasteiger partial charge in [0.15, 0.2) is 0 Å². The fraction of sp³-hybridized carbons (Fsp3) is 0.647. The number of nitrogens with zero attached hydrogens (tertiary/aromatic N) is 1. The van der Waals surface area contributed by atoms with Crippen LogP contribution in [0.5, 0.6) is 0 Å². The van der Waals surface area contributed by atoms with Gasteiger partial charge in [0, 0.05) is 12.6 Å². The Hall–Kier alpha value is -0.860. The van der Waals surface area contributed by atoms with Crippen molar-refractivity contribution in [2.24, 2.45) is 17.6 Å². The lowest BCUT2D eigenvalue weighted by molar-refractivity contribution is 0.0855. The molecule has 1 heterocycles. The van der Waals surface area contributed by atoms with Crippen LogP contribution < -0.4 is 5.73 Å². The fourth-order valence-corrected chi connectivity index (χ4v) is 3.70. The smallest absolute Gasteiger partial charge is 0.0236 e. The average molecular weight is 258 g/mol. The third-order valence-corrected chi connectivity index (χ3v) is 4.89. The van der Waals surface area contributed by atoms with E-state index < -0.39 is 0 Å². The summed E-state index contributed by atoms with van der Waals surface area (Å²) in [6.07, 6.45) is 6.92. The first-order chi connectivity index (χ1) is 9.38. The monoisotopic (exact) mass is 258 g/mol. The van der Waals surface area contributed by atoms with Crippen molar-refractivity contribution in [3.05, 3.63) is 35.9 Å². The Morgan fingerprint density at radius 1 is 1.11 bits per heavy atom. The number of benzene rings is 1. The Morgan fingerprint density at radius 3 is 2.58 bits per heavy atom. The summed E-state index contributed by atoms with van der Waals surface area (Å²) in [5.41, 5.74) is 7.52. The highest BCUT2D eigenvalue weighted by Gasteiger charge is 2.38. The molecule has 2 nitrogen and oxygen atoms in total. The Morgan fingerprint density at radius 2 is 1.89 bits per heavy atom. The Labute approximate surface area is 117 Å². The molecule has 3 rings (SSSR count). The van der Waals surface area contributed by atoms with Gasteiger partial charge in [0.1, 0.15) is 0 Å². The van der Waals surface area contributed by atoms with Crippen molar-refractivity contribution < 1.29 is 0 Å². The highest BCUT2D eigenvalue weighted by molar-refractivity contribution is 5.15. The minimum absolute atomic E-state index is 0.728. The first-order valence-electron chi connectivity index (χ1n) is 7.86. The second kappa shape index (κ2) is 6.06. The van der Waals surface area contributed by atoms with Gasteiger partial charge in [-0.3, -0.25) is 4.90 Å². The fourth-order valence-electron chi connectivity index (χ4n) is 3.70. The lowest BCUT2D eigenvalue weighted by Gasteiger charge is -2.40. The first kappa shape index (κ1) is 13.1. The number of hydrogen-bond donors (Lipinski definition) is 1. The molecule has 19 heavy (non-hydrogen) atoms. The number of nitrogens with two attached hydrogens (primary N) is 1. The molecule has 1 aliphatic carbocycles. The molecule has 2 heteroatoms. The molecule has 2 fully saturated rings. The summed E-state index contributed by atoms with van der Waals surface area (Å²) >= 11 is 0. The second-order valence-corrected chi connectivity index (χ2v) is 6.26. The molecule has 1 saturated heterocycles. The van der Waals surface area contributed by atoms with E-state index in [1.54, 1.807) is 0 Å². The van der Waals surface area contributed by atoms with E-state index in [2.05, 4.69) is 35.2 Å². The van der Waals surface area contributed by atoms with Crippen molar-refractivity contribution in [3.8, 4) is 0 Å². The molecule has 1 aliphatic heterocycles. The molecule has 0 amide bonds. The van der Waals surface area contributed by atoms with Crippen molar-refractivity contribution in [2.75, 3.05) is 13.1 Å². The van der Waals surface area contributed by atoms with E-state index >= 15 is 0 Å². The summed E-state index contributed by atoms with van der Waals surface area (Å²) < 4.78 is 0. The predicted molar refractivity (Wildman–Crippen MR) is 79.8 cm³/mol. The first-order valence-corrected chi connectivity index (χ1v) is 7.86. The van der Waals surface area contributed by atoms with Crippen molar-refractivity contribution in [3.63, 3.8) is 0 Å². The zero-order chi connectivity index (χ0) is 13.1. The third-order valence-electron chi connectivity index (χ3n) is 4.89. The zero-order valence-electron chi connectivity index (χ0n) is 11.8. The lowest BCUT2D eigenvalue weighted by Crippen LogP contribution is -2.46. The summed E-state index contributed by atoms with van der Waals surface area (Å²) in [4.78, 5) is 2.70. The quantitative estimate of drug-likeness (QED) is 0.879. The minimum Gasteiger partial charge on any atom is -0.330 e. The largest absolute Gasteiger partial charge is 0.330 e. The van der Waals surface area contributed by atoms with Crippen LogP contribution in [0.25, 0.3) is 0 Å². The maximum absolute atomic E-state index is 6.07. The van der Waals surface area contributed by atoms with E-state index in [4.69, 9.17) is 5.73 Å². The van der Waals surface area contributed by atoms with E-state index in [1.807, 2.05) is 0 Å². The van der Waals surface area contributed by atoms with Gasteiger partial charge in [0.05, 0.1) is 0 Å². The predicted octanol–water partition coefficient (Wildman–Crippen LogP) is 3.03. The van der Waals surface area contributed by atoms with Gasteiger partial charge in [-0.1, -0.05) is 36.8 Å². The summed E-state index contributed by atoms with van der Waals surface area (Å²) in [6, 6.07) is 11.6. The highest BCUT2D eigenvalue weighted by atomic mass is 15.2.